The molecule has 100 valence electrons. The van der Waals surface area contributed by atoms with Gasteiger partial charge in [0.05, 0.1) is 19.3 Å². The fourth-order valence-corrected chi connectivity index (χ4v) is 1.21. The summed E-state index contributed by atoms with van der Waals surface area (Å²) < 4.78 is 15.8. The van der Waals surface area contributed by atoms with Crippen LogP contribution in [0.5, 0.6) is 0 Å². The summed E-state index contributed by atoms with van der Waals surface area (Å²) in [4.78, 5) is 2.14. The van der Waals surface area contributed by atoms with Crippen LogP contribution in [0, 0.1) is 0 Å². The Morgan fingerprint density at radius 1 is 1.00 bits per heavy atom. The van der Waals surface area contributed by atoms with Gasteiger partial charge in [-0.2, -0.15) is 0 Å². The smallest absolute Gasteiger partial charge is 0.100 e. The molecule has 0 unspecified atom stereocenters. The summed E-state index contributed by atoms with van der Waals surface area (Å²) in [6.07, 6.45) is 5.16. The highest BCUT2D eigenvalue weighted by Crippen LogP contribution is 1.94. The second-order valence-corrected chi connectivity index (χ2v) is 3.58. The van der Waals surface area contributed by atoms with Crippen molar-refractivity contribution in [2.24, 2.45) is 0 Å². The molecule has 0 aliphatic carbocycles. The average molecular weight is 243 g/mol. The summed E-state index contributed by atoms with van der Waals surface area (Å²) in [5.74, 6) is 0. The van der Waals surface area contributed by atoms with Crippen molar-refractivity contribution >= 4 is 0 Å². The van der Waals surface area contributed by atoms with Gasteiger partial charge in [0.25, 0.3) is 0 Å². The Kier molecular flexibility index (Phi) is 12.3. The normalized spacial score (nSPS) is 10.2. The summed E-state index contributed by atoms with van der Waals surface area (Å²) in [5.41, 5.74) is 0. The summed E-state index contributed by atoms with van der Waals surface area (Å²) in [7, 11) is 0. The SMILES string of the molecule is C=COCCN(CCOC=C)COCCCC. The monoisotopic (exact) mass is 243 g/mol. The van der Waals surface area contributed by atoms with E-state index in [0.29, 0.717) is 19.9 Å². The molecule has 0 fully saturated rings. The zero-order valence-corrected chi connectivity index (χ0v) is 10.9. The van der Waals surface area contributed by atoms with Crippen LogP contribution in [0.3, 0.4) is 0 Å². The van der Waals surface area contributed by atoms with Crippen LogP contribution in [0.4, 0.5) is 0 Å². The van der Waals surface area contributed by atoms with Gasteiger partial charge in [-0.3, -0.25) is 4.90 Å². The molecule has 0 spiro atoms. The van der Waals surface area contributed by atoms with Crippen LogP contribution in [0.15, 0.2) is 25.7 Å². The zero-order chi connectivity index (χ0) is 12.8. The third-order valence-corrected chi connectivity index (χ3v) is 2.20. The molecular weight excluding hydrogens is 218 g/mol. The molecule has 0 saturated carbocycles. The predicted molar refractivity (Wildman–Crippen MR) is 69.6 cm³/mol. The highest BCUT2D eigenvalue weighted by Gasteiger charge is 2.04. The Labute approximate surface area is 105 Å². The van der Waals surface area contributed by atoms with Gasteiger partial charge in [-0.1, -0.05) is 26.5 Å². The fraction of sp³-hybridized carbons (Fsp3) is 0.692. The summed E-state index contributed by atoms with van der Waals surface area (Å²) in [6.45, 7) is 13.4. The molecule has 0 amide bonds. The molecule has 0 N–H and O–H groups in total. The van der Waals surface area contributed by atoms with E-state index in [0.717, 1.165) is 32.5 Å². The van der Waals surface area contributed by atoms with Crippen molar-refractivity contribution in [2.75, 3.05) is 39.6 Å². The minimum absolute atomic E-state index is 0.612. The van der Waals surface area contributed by atoms with Crippen molar-refractivity contribution < 1.29 is 14.2 Å². The van der Waals surface area contributed by atoms with E-state index in [2.05, 4.69) is 25.0 Å². The highest BCUT2D eigenvalue weighted by molar-refractivity contribution is 4.57. The van der Waals surface area contributed by atoms with Gasteiger partial charge in [-0.25, -0.2) is 0 Å². The fourth-order valence-electron chi connectivity index (χ4n) is 1.21. The lowest BCUT2D eigenvalue weighted by atomic mass is 10.4. The van der Waals surface area contributed by atoms with Crippen LogP contribution in [-0.4, -0.2) is 44.5 Å². The first kappa shape index (κ1) is 16.0. The van der Waals surface area contributed by atoms with E-state index < -0.39 is 0 Å². The molecular formula is C13H25NO3. The number of nitrogens with zero attached hydrogens (tertiary/aromatic N) is 1. The molecule has 0 heterocycles. The van der Waals surface area contributed by atoms with E-state index in [4.69, 9.17) is 14.2 Å². The third-order valence-electron chi connectivity index (χ3n) is 2.20. The predicted octanol–water partition coefficient (Wildman–Crippen LogP) is 2.38. The third kappa shape index (κ3) is 11.3. The lowest BCUT2D eigenvalue weighted by Gasteiger charge is -2.21. The summed E-state index contributed by atoms with van der Waals surface area (Å²) in [5, 5.41) is 0. The van der Waals surface area contributed by atoms with Crippen molar-refractivity contribution in [3.05, 3.63) is 25.7 Å². The molecule has 0 bridgehead atoms. The molecule has 0 radical (unpaired) electrons. The maximum absolute atomic E-state index is 5.56. The van der Waals surface area contributed by atoms with Gasteiger partial charge in [0.15, 0.2) is 0 Å². The first-order valence-electron chi connectivity index (χ1n) is 6.10. The van der Waals surface area contributed by atoms with Gasteiger partial charge in [0, 0.05) is 19.7 Å². The maximum atomic E-state index is 5.56. The van der Waals surface area contributed by atoms with E-state index in [1.807, 2.05) is 0 Å². The first-order chi connectivity index (χ1) is 8.35. The first-order valence-corrected chi connectivity index (χ1v) is 6.10. The van der Waals surface area contributed by atoms with Crippen LogP contribution in [0.25, 0.3) is 0 Å². The number of hydrogen-bond acceptors (Lipinski definition) is 4. The van der Waals surface area contributed by atoms with Crippen LogP contribution in [0.2, 0.25) is 0 Å². The summed E-state index contributed by atoms with van der Waals surface area (Å²) >= 11 is 0. The van der Waals surface area contributed by atoms with E-state index in [9.17, 15) is 0 Å². The minimum Gasteiger partial charge on any atom is -0.500 e. The van der Waals surface area contributed by atoms with E-state index in [1.165, 1.54) is 12.5 Å². The van der Waals surface area contributed by atoms with Gasteiger partial charge >= 0.3 is 0 Å². The topological polar surface area (TPSA) is 30.9 Å². The van der Waals surface area contributed by atoms with Gasteiger partial charge in [0.1, 0.15) is 13.2 Å². The number of unbranched alkanes of at least 4 members (excludes halogenated alkanes) is 1. The maximum Gasteiger partial charge on any atom is 0.100 e. The van der Waals surface area contributed by atoms with E-state index in [-0.39, 0.29) is 0 Å². The second kappa shape index (κ2) is 13.1. The molecule has 0 aromatic carbocycles. The van der Waals surface area contributed by atoms with Crippen molar-refractivity contribution in [1.29, 1.82) is 0 Å². The lowest BCUT2D eigenvalue weighted by Crippen LogP contribution is -2.32. The Hall–Kier alpha value is -1.00. The molecule has 0 rings (SSSR count). The Bertz CT molecular complexity index is 172. The molecule has 4 nitrogen and oxygen atoms in total. The Morgan fingerprint density at radius 2 is 1.59 bits per heavy atom. The molecule has 0 aliphatic heterocycles. The van der Waals surface area contributed by atoms with E-state index in [1.54, 1.807) is 0 Å². The molecule has 0 aromatic rings. The van der Waals surface area contributed by atoms with Crippen molar-refractivity contribution in [2.45, 2.75) is 19.8 Å². The average Bonchev–Trinajstić information content (AvgIpc) is 2.34. The van der Waals surface area contributed by atoms with Crippen molar-refractivity contribution in [3.63, 3.8) is 0 Å². The number of ether oxygens (including phenoxy) is 3. The number of rotatable bonds is 13. The van der Waals surface area contributed by atoms with Crippen LogP contribution in [-0.2, 0) is 14.2 Å². The lowest BCUT2D eigenvalue weighted by molar-refractivity contribution is 0.00913. The molecule has 0 atom stereocenters. The Balaban J connectivity index is 3.66. The molecule has 17 heavy (non-hydrogen) atoms. The largest absolute Gasteiger partial charge is 0.500 e. The quantitative estimate of drug-likeness (QED) is 0.282. The van der Waals surface area contributed by atoms with Crippen LogP contribution < -0.4 is 0 Å². The van der Waals surface area contributed by atoms with Crippen LogP contribution in [0.1, 0.15) is 19.8 Å². The molecule has 0 saturated heterocycles. The van der Waals surface area contributed by atoms with E-state index >= 15 is 0 Å². The number of hydrogen-bond donors (Lipinski definition) is 0. The van der Waals surface area contributed by atoms with Gasteiger partial charge in [0.2, 0.25) is 0 Å². The van der Waals surface area contributed by atoms with Crippen LogP contribution >= 0.6 is 0 Å². The molecule has 0 aliphatic rings. The van der Waals surface area contributed by atoms with Gasteiger partial charge in [-0.05, 0) is 6.42 Å². The molecule has 4 heteroatoms. The zero-order valence-electron chi connectivity index (χ0n) is 10.9. The second-order valence-electron chi connectivity index (χ2n) is 3.58. The standard InChI is InChI=1S/C13H25NO3/c1-4-7-10-17-13-14(8-11-15-5-2)9-12-16-6-3/h5-6H,2-4,7-13H2,1H3. The van der Waals surface area contributed by atoms with Crippen molar-refractivity contribution in [3.8, 4) is 0 Å². The minimum atomic E-state index is 0.612. The van der Waals surface area contributed by atoms with Gasteiger partial charge < -0.3 is 14.2 Å². The highest BCUT2D eigenvalue weighted by atomic mass is 16.5. The van der Waals surface area contributed by atoms with Gasteiger partial charge in [-0.15, -0.1) is 0 Å². The Morgan fingerprint density at radius 3 is 2.06 bits per heavy atom. The summed E-state index contributed by atoms with van der Waals surface area (Å²) in [6, 6.07) is 0. The van der Waals surface area contributed by atoms with Crippen molar-refractivity contribution in [1.82, 2.24) is 4.90 Å². The molecule has 0 aromatic heterocycles.